The minimum absolute atomic E-state index is 0.994. The van der Waals surface area contributed by atoms with E-state index in [0.29, 0.717) is 0 Å². The molecule has 0 atom stereocenters. The summed E-state index contributed by atoms with van der Waals surface area (Å²) >= 11 is 0. The van der Waals surface area contributed by atoms with Gasteiger partial charge in [0.15, 0.2) is 0 Å². The summed E-state index contributed by atoms with van der Waals surface area (Å²) in [6, 6.07) is 2.06. The molecule has 1 aromatic heterocycles. The largest absolute Gasteiger partial charge is 0.469 e. The molecular formula is C9H16O. The summed E-state index contributed by atoms with van der Waals surface area (Å²) < 4.78 is 5.11. The van der Waals surface area contributed by atoms with Crippen molar-refractivity contribution in [2.75, 3.05) is 0 Å². The minimum atomic E-state index is 0.994. The lowest BCUT2D eigenvalue weighted by molar-refractivity contribution is 0.515. The Labute approximate surface area is 63.1 Å². The van der Waals surface area contributed by atoms with Gasteiger partial charge in [0.05, 0.1) is 6.26 Å². The second kappa shape index (κ2) is 5.10. The van der Waals surface area contributed by atoms with Gasteiger partial charge in [-0.05, 0) is 18.6 Å². The Kier molecular flexibility index (Phi) is 4.73. The highest BCUT2D eigenvalue weighted by Crippen LogP contribution is 2.05. The van der Waals surface area contributed by atoms with E-state index in [9.17, 15) is 0 Å². The normalized spacial score (nSPS) is 8.40. The van der Waals surface area contributed by atoms with Crippen LogP contribution in [0.15, 0.2) is 16.7 Å². The molecule has 10 heavy (non-hydrogen) atoms. The summed E-state index contributed by atoms with van der Waals surface area (Å²) in [5, 5.41) is 0. The van der Waals surface area contributed by atoms with Crippen molar-refractivity contribution in [3.8, 4) is 0 Å². The van der Waals surface area contributed by atoms with Crippen LogP contribution in [0, 0.1) is 6.92 Å². The zero-order valence-electron chi connectivity index (χ0n) is 7.27. The quantitative estimate of drug-likeness (QED) is 0.584. The van der Waals surface area contributed by atoms with E-state index in [1.165, 1.54) is 5.56 Å². The Morgan fingerprint density at radius 1 is 1.40 bits per heavy atom. The molecule has 0 aliphatic heterocycles. The fourth-order valence-electron chi connectivity index (χ4n) is 0.676. The van der Waals surface area contributed by atoms with E-state index in [1.54, 1.807) is 6.26 Å². The summed E-state index contributed by atoms with van der Waals surface area (Å²) in [4.78, 5) is 0. The van der Waals surface area contributed by atoms with Crippen LogP contribution in [0.1, 0.15) is 32.1 Å². The van der Waals surface area contributed by atoms with Crippen molar-refractivity contribution in [3.63, 3.8) is 0 Å². The monoisotopic (exact) mass is 140 g/mol. The molecule has 0 unspecified atom stereocenters. The highest BCUT2D eigenvalue weighted by molar-refractivity contribution is 5.09. The molecule has 0 aliphatic rings. The van der Waals surface area contributed by atoms with Gasteiger partial charge in [-0.25, -0.2) is 0 Å². The van der Waals surface area contributed by atoms with E-state index in [1.807, 2.05) is 20.8 Å². The van der Waals surface area contributed by atoms with Crippen molar-refractivity contribution < 1.29 is 4.42 Å². The molecule has 1 aromatic rings. The van der Waals surface area contributed by atoms with Gasteiger partial charge in [-0.2, -0.15) is 0 Å². The van der Waals surface area contributed by atoms with Crippen LogP contribution >= 0.6 is 0 Å². The topological polar surface area (TPSA) is 13.1 Å². The SMILES string of the molecule is CC.CCc1cc(C)co1. The number of hydrogen-bond donors (Lipinski definition) is 0. The van der Waals surface area contributed by atoms with Crippen molar-refractivity contribution in [2.24, 2.45) is 0 Å². The third-order valence-corrected chi connectivity index (χ3v) is 1.13. The van der Waals surface area contributed by atoms with E-state index in [2.05, 4.69) is 13.0 Å². The Balaban J connectivity index is 0.000000371. The van der Waals surface area contributed by atoms with Crippen LogP contribution in [0.2, 0.25) is 0 Å². The fourth-order valence-corrected chi connectivity index (χ4v) is 0.676. The van der Waals surface area contributed by atoms with Crippen molar-refractivity contribution in [1.29, 1.82) is 0 Å². The second-order valence-electron chi connectivity index (χ2n) is 1.94. The van der Waals surface area contributed by atoms with Crippen LogP contribution < -0.4 is 0 Å². The van der Waals surface area contributed by atoms with Crippen molar-refractivity contribution in [1.82, 2.24) is 0 Å². The van der Waals surface area contributed by atoms with Crippen LogP contribution in [0.5, 0.6) is 0 Å². The average molecular weight is 140 g/mol. The molecule has 1 rings (SSSR count). The molecule has 0 fully saturated rings. The third kappa shape index (κ3) is 2.72. The Morgan fingerprint density at radius 3 is 2.20 bits per heavy atom. The molecule has 1 nitrogen and oxygen atoms in total. The van der Waals surface area contributed by atoms with E-state index >= 15 is 0 Å². The van der Waals surface area contributed by atoms with Gasteiger partial charge in [0.1, 0.15) is 5.76 Å². The molecule has 0 saturated heterocycles. The molecule has 0 amide bonds. The highest BCUT2D eigenvalue weighted by atomic mass is 16.3. The summed E-state index contributed by atoms with van der Waals surface area (Å²) in [7, 11) is 0. The lowest BCUT2D eigenvalue weighted by atomic mass is 10.3. The first kappa shape index (κ1) is 9.28. The van der Waals surface area contributed by atoms with Crippen LogP contribution in [-0.2, 0) is 6.42 Å². The van der Waals surface area contributed by atoms with E-state index in [0.717, 1.165) is 12.2 Å². The maximum absolute atomic E-state index is 5.11. The van der Waals surface area contributed by atoms with Gasteiger partial charge in [0.2, 0.25) is 0 Å². The van der Waals surface area contributed by atoms with Crippen molar-refractivity contribution in [2.45, 2.75) is 34.1 Å². The van der Waals surface area contributed by atoms with E-state index < -0.39 is 0 Å². The molecule has 0 bridgehead atoms. The zero-order valence-corrected chi connectivity index (χ0v) is 7.27. The van der Waals surface area contributed by atoms with Gasteiger partial charge in [0, 0.05) is 6.42 Å². The molecule has 0 aromatic carbocycles. The number of aryl methyl sites for hydroxylation is 2. The van der Waals surface area contributed by atoms with Crippen molar-refractivity contribution >= 4 is 0 Å². The summed E-state index contributed by atoms with van der Waals surface area (Å²) in [6.07, 6.45) is 2.77. The minimum Gasteiger partial charge on any atom is -0.469 e. The third-order valence-electron chi connectivity index (χ3n) is 1.13. The standard InChI is InChI=1S/C7H10O.C2H6/c1-3-7-4-6(2)5-8-7;1-2/h4-5H,3H2,1-2H3;1-2H3. The van der Waals surface area contributed by atoms with Crippen LogP contribution in [0.25, 0.3) is 0 Å². The first-order valence-electron chi connectivity index (χ1n) is 3.87. The van der Waals surface area contributed by atoms with Gasteiger partial charge in [-0.3, -0.25) is 0 Å². The number of rotatable bonds is 1. The molecule has 1 heteroatoms. The first-order valence-corrected chi connectivity index (χ1v) is 3.87. The summed E-state index contributed by atoms with van der Waals surface area (Å²) in [6.45, 7) is 8.11. The Morgan fingerprint density at radius 2 is 2.00 bits per heavy atom. The second-order valence-corrected chi connectivity index (χ2v) is 1.94. The molecule has 1 heterocycles. The van der Waals surface area contributed by atoms with Gasteiger partial charge >= 0.3 is 0 Å². The lowest BCUT2D eigenvalue weighted by Crippen LogP contribution is -1.67. The molecule has 0 saturated carbocycles. The average Bonchev–Trinajstić information content (AvgIpc) is 2.40. The number of hydrogen-bond acceptors (Lipinski definition) is 1. The van der Waals surface area contributed by atoms with Crippen LogP contribution in [-0.4, -0.2) is 0 Å². The van der Waals surface area contributed by atoms with Crippen molar-refractivity contribution in [3.05, 3.63) is 23.7 Å². The number of furan rings is 1. The van der Waals surface area contributed by atoms with Gasteiger partial charge in [-0.15, -0.1) is 0 Å². The highest BCUT2D eigenvalue weighted by Gasteiger charge is 1.91. The predicted molar refractivity (Wildman–Crippen MR) is 44.2 cm³/mol. The molecule has 0 radical (unpaired) electrons. The molecule has 0 spiro atoms. The predicted octanol–water partition coefficient (Wildman–Crippen LogP) is 3.18. The van der Waals surface area contributed by atoms with Gasteiger partial charge in [0.25, 0.3) is 0 Å². The van der Waals surface area contributed by atoms with Gasteiger partial charge in [-0.1, -0.05) is 20.8 Å². The smallest absolute Gasteiger partial charge is 0.103 e. The van der Waals surface area contributed by atoms with E-state index in [4.69, 9.17) is 4.42 Å². The molecule has 0 aliphatic carbocycles. The maximum atomic E-state index is 5.11. The molecule has 0 N–H and O–H groups in total. The molecular weight excluding hydrogens is 124 g/mol. The lowest BCUT2D eigenvalue weighted by Gasteiger charge is -1.79. The van der Waals surface area contributed by atoms with Crippen LogP contribution in [0.4, 0.5) is 0 Å². The van der Waals surface area contributed by atoms with E-state index in [-0.39, 0.29) is 0 Å². The van der Waals surface area contributed by atoms with Crippen LogP contribution in [0.3, 0.4) is 0 Å². The maximum Gasteiger partial charge on any atom is 0.103 e. The molecule has 58 valence electrons. The first-order chi connectivity index (χ1) is 4.83. The zero-order chi connectivity index (χ0) is 7.98. The Hall–Kier alpha value is -0.720. The summed E-state index contributed by atoms with van der Waals surface area (Å²) in [5.41, 5.74) is 1.21. The van der Waals surface area contributed by atoms with Gasteiger partial charge < -0.3 is 4.42 Å². The summed E-state index contributed by atoms with van der Waals surface area (Å²) in [5.74, 6) is 1.07. The Bertz CT molecular complexity index is 165. The fraction of sp³-hybridized carbons (Fsp3) is 0.556.